The standard InChI is InChI=1S/C16H23NO3/c1-9(2)17(8-10-3-4-10)15(18)13-11-5-6-12(7-11)14(13)16(19)20/h5-6,9-14H,3-4,7-8H2,1-2H3,(H,19,20). The second-order valence-electron chi connectivity index (χ2n) is 6.87. The molecule has 0 radical (unpaired) electrons. The quantitative estimate of drug-likeness (QED) is 0.783. The van der Waals surface area contributed by atoms with Crippen LogP contribution in [0.25, 0.3) is 0 Å². The Bertz CT molecular complexity index is 453. The summed E-state index contributed by atoms with van der Waals surface area (Å²) in [6.07, 6.45) is 7.30. The summed E-state index contributed by atoms with van der Waals surface area (Å²) >= 11 is 0. The van der Waals surface area contributed by atoms with Gasteiger partial charge in [-0.3, -0.25) is 9.59 Å². The van der Waals surface area contributed by atoms with Crippen LogP contribution in [0.2, 0.25) is 0 Å². The molecule has 0 aliphatic heterocycles. The lowest BCUT2D eigenvalue weighted by atomic mass is 9.82. The van der Waals surface area contributed by atoms with Gasteiger partial charge in [0.2, 0.25) is 5.91 Å². The highest BCUT2D eigenvalue weighted by Gasteiger charge is 2.53. The number of carbonyl (C=O) groups excluding carboxylic acids is 1. The maximum absolute atomic E-state index is 12.9. The molecule has 20 heavy (non-hydrogen) atoms. The van der Waals surface area contributed by atoms with Gasteiger partial charge in [-0.1, -0.05) is 12.2 Å². The second-order valence-corrected chi connectivity index (χ2v) is 6.87. The van der Waals surface area contributed by atoms with Crippen LogP contribution in [-0.4, -0.2) is 34.5 Å². The number of carbonyl (C=O) groups is 2. The molecule has 0 aromatic heterocycles. The van der Waals surface area contributed by atoms with Crippen molar-refractivity contribution in [2.45, 2.75) is 39.2 Å². The molecule has 4 nitrogen and oxygen atoms in total. The Morgan fingerprint density at radius 2 is 1.80 bits per heavy atom. The van der Waals surface area contributed by atoms with Gasteiger partial charge in [0, 0.05) is 12.6 Å². The highest BCUT2D eigenvalue weighted by atomic mass is 16.4. The molecule has 0 heterocycles. The summed E-state index contributed by atoms with van der Waals surface area (Å²) in [5.74, 6) is -0.776. The van der Waals surface area contributed by atoms with Gasteiger partial charge in [0.1, 0.15) is 0 Å². The Labute approximate surface area is 119 Å². The molecule has 3 aliphatic carbocycles. The lowest BCUT2D eigenvalue weighted by Crippen LogP contribution is -2.46. The predicted molar refractivity (Wildman–Crippen MR) is 74.9 cm³/mol. The molecule has 0 saturated heterocycles. The van der Waals surface area contributed by atoms with Gasteiger partial charge in [0.25, 0.3) is 0 Å². The fraction of sp³-hybridized carbons (Fsp3) is 0.750. The maximum Gasteiger partial charge on any atom is 0.307 e. The Morgan fingerprint density at radius 1 is 1.20 bits per heavy atom. The molecule has 1 N–H and O–H groups in total. The molecule has 2 bridgehead atoms. The fourth-order valence-corrected chi connectivity index (χ4v) is 3.82. The average Bonchev–Trinajstić information content (AvgIpc) is 2.97. The van der Waals surface area contributed by atoms with E-state index in [1.807, 2.05) is 24.8 Å². The zero-order valence-electron chi connectivity index (χ0n) is 12.2. The second kappa shape index (κ2) is 4.90. The number of nitrogens with zero attached hydrogens (tertiary/aromatic N) is 1. The Morgan fingerprint density at radius 3 is 2.30 bits per heavy atom. The average molecular weight is 277 g/mol. The van der Waals surface area contributed by atoms with E-state index in [1.165, 1.54) is 12.8 Å². The van der Waals surface area contributed by atoms with Crippen LogP contribution in [0, 0.1) is 29.6 Å². The van der Waals surface area contributed by atoms with Crippen molar-refractivity contribution in [1.29, 1.82) is 0 Å². The summed E-state index contributed by atoms with van der Waals surface area (Å²) in [7, 11) is 0. The number of hydrogen-bond acceptors (Lipinski definition) is 2. The Balaban J connectivity index is 1.80. The smallest absolute Gasteiger partial charge is 0.307 e. The minimum atomic E-state index is -0.810. The largest absolute Gasteiger partial charge is 0.481 e. The lowest BCUT2D eigenvalue weighted by Gasteiger charge is -2.33. The van der Waals surface area contributed by atoms with Crippen LogP contribution in [0.15, 0.2) is 12.2 Å². The van der Waals surface area contributed by atoms with Crippen LogP contribution in [0.4, 0.5) is 0 Å². The van der Waals surface area contributed by atoms with E-state index in [9.17, 15) is 14.7 Å². The van der Waals surface area contributed by atoms with E-state index in [0.717, 1.165) is 13.0 Å². The summed E-state index contributed by atoms with van der Waals surface area (Å²) < 4.78 is 0. The molecule has 4 heteroatoms. The SMILES string of the molecule is CC(C)N(CC1CC1)C(=O)C1C2C=CC(C2)C1C(=O)O. The van der Waals surface area contributed by atoms with E-state index in [4.69, 9.17) is 0 Å². The minimum absolute atomic E-state index is 0.0568. The Hall–Kier alpha value is -1.32. The lowest BCUT2D eigenvalue weighted by molar-refractivity contribution is -0.151. The van der Waals surface area contributed by atoms with Crippen molar-refractivity contribution in [1.82, 2.24) is 4.90 Å². The van der Waals surface area contributed by atoms with Gasteiger partial charge < -0.3 is 10.0 Å². The summed E-state index contributed by atoms with van der Waals surface area (Å²) in [6, 6.07) is 0.153. The zero-order valence-corrected chi connectivity index (χ0v) is 12.2. The van der Waals surface area contributed by atoms with Crippen molar-refractivity contribution in [2.24, 2.45) is 29.6 Å². The van der Waals surface area contributed by atoms with Crippen LogP contribution >= 0.6 is 0 Å². The van der Waals surface area contributed by atoms with Gasteiger partial charge in [0.05, 0.1) is 11.8 Å². The van der Waals surface area contributed by atoms with Crippen molar-refractivity contribution in [3.8, 4) is 0 Å². The first-order valence-electron chi connectivity index (χ1n) is 7.70. The molecule has 2 fully saturated rings. The number of amides is 1. The van der Waals surface area contributed by atoms with Gasteiger partial charge >= 0.3 is 5.97 Å². The molecule has 0 aromatic rings. The van der Waals surface area contributed by atoms with E-state index >= 15 is 0 Å². The summed E-state index contributed by atoms with van der Waals surface area (Å²) in [4.78, 5) is 26.3. The topological polar surface area (TPSA) is 57.6 Å². The van der Waals surface area contributed by atoms with Crippen molar-refractivity contribution in [2.75, 3.05) is 6.54 Å². The van der Waals surface area contributed by atoms with E-state index in [-0.39, 0.29) is 29.7 Å². The van der Waals surface area contributed by atoms with Gasteiger partial charge in [-0.25, -0.2) is 0 Å². The van der Waals surface area contributed by atoms with Crippen LogP contribution in [0.1, 0.15) is 33.1 Å². The molecule has 0 spiro atoms. The van der Waals surface area contributed by atoms with Crippen LogP contribution in [-0.2, 0) is 9.59 Å². The third kappa shape index (κ3) is 2.25. The molecule has 4 unspecified atom stereocenters. The molecule has 1 amide bonds. The van der Waals surface area contributed by atoms with Crippen molar-refractivity contribution >= 4 is 11.9 Å². The molecule has 3 rings (SSSR count). The number of hydrogen-bond donors (Lipinski definition) is 1. The van der Waals surface area contributed by atoms with Crippen molar-refractivity contribution in [3.05, 3.63) is 12.2 Å². The predicted octanol–water partition coefficient (Wildman–Crippen LogP) is 2.16. The summed E-state index contributed by atoms with van der Waals surface area (Å²) in [5.41, 5.74) is 0. The van der Waals surface area contributed by atoms with E-state index in [2.05, 4.69) is 6.08 Å². The molecular formula is C16H23NO3. The van der Waals surface area contributed by atoms with Gasteiger partial charge in [0.15, 0.2) is 0 Å². The molecule has 110 valence electrons. The molecular weight excluding hydrogens is 254 g/mol. The monoisotopic (exact) mass is 277 g/mol. The molecule has 2 saturated carbocycles. The third-order valence-corrected chi connectivity index (χ3v) is 5.09. The number of fused-ring (bicyclic) bond motifs is 2. The number of carboxylic acids is 1. The molecule has 0 aromatic carbocycles. The van der Waals surface area contributed by atoms with Crippen LogP contribution < -0.4 is 0 Å². The highest BCUT2D eigenvalue weighted by Crippen LogP contribution is 2.49. The van der Waals surface area contributed by atoms with Crippen LogP contribution in [0.3, 0.4) is 0 Å². The first-order chi connectivity index (χ1) is 9.49. The summed E-state index contributed by atoms with van der Waals surface area (Å²) in [6.45, 7) is 4.86. The Kier molecular flexibility index (Phi) is 3.35. The van der Waals surface area contributed by atoms with E-state index in [1.54, 1.807) is 0 Å². The number of aliphatic carboxylic acids is 1. The third-order valence-electron chi connectivity index (χ3n) is 5.09. The normalized spacial score (nSPS) is 34.8. The van der Waals surface area contributed by atoms with Gasteiger partial charge in [-0.2, -0.15) is 0 Å². The molecule has 3 aliphatic rings. The van der Waals surface area contributed by atoms with Crippen LogP contribution in [0.5, 0.6) is 0 Å². The first-order valence-corrected chi connectivity index (χ1v) is 7.70. The fourth-order valence-electron chi connectivity index (χ4n) is 3.82. The number of allylic oxidation sites excluding steroid dienone is 2. The first kappa shape index (κ1) is 13.7. The number of carboxylic acid groups (broad SMARTS) is 1. The molecule has 4 atom stereocenters. The van der Waals surface area contributed by atoms with Gasteiger partial charge in [-0.15, -0.1) is 0 Å². The van der Waals surface area contributed by atoms with E-state index in [0.29, 0.717) is 5.92 Å². The summed E-state index contributed by atoms with van der Waals surface area (Å²) in [5, 5.41) is 9.46. The number of rotatable bonds is 5. The van der Waals surface area contributed by atoms with Gasteiger partial charge in [-0.05, 0) is 50.9 Å². The minimum Gasteiger partial charge on any atom is -0.481 e. The zero-order chi connectivity index (χ0) is 14.4. The maximum atomic E-state index is 12.9. The highest BCUT2D eigenvalue weighted by molar-refractivity contribution is 5.87. The van der Waals surface area contributed by atoms with Crippen molar-refractivity contribution in [3.63, 3.8) is 0 Å². The van der Waals surface area contributed by atoms with Crippen molar-refractivity contribution < 1.29 is 14.7 Å². The van der Waals surface area contributed by atoms with E-state index < -0.39 is 11.9 Å².